The van der Waals surface area contributed by atoms with Crippen molar-refractivity contribution in [2.45, 2.75) is 45.4 Å². The van der Waals surface area contributed by atoms with Gasteiger partial charge < -0.3 is 20.7 Å². The molecule has 1 aliphatic heterocycles. The molecule has 1 aliphatic rings. The molecule has 2 unspecified atom stereocenters. The van der Waals surface area contributed by atoms with Crippen molar-refractivity contribution >= 4 is 16.6 Å². The number of hydrogen-bond donors (Lipinski definition) is 4. The van der Waals surface area contributed by atoms with Crippen LogP contribution in [0.3, 0.4) is 0 Å². The van der Waals surface area contributed by atoms with Crippen LogP contribution in [0.15, 0.2) is 30.5 Å². The van der Waals surface area contributed by atoms with Crippen LogP contribution in [0.25, 0.3) is 22.0 Å². The van der Waals surface area contributed by atoms with E-state index in [9.17, 15) is 5.11 Å². The topological polar surface area (TPSA) is 60.1 Å². The van der Waals surface area contributed by atoms with Crippen LogP contribution in [-0.2, 0) is 0 Å². The van der Waals surface area contributed by atoms with Crippen molar-refractivity contribution in [3.05, 3.63) is 53.2 Å². The second kappa shape index (κ2) is 6.57. The van der Waals surface area contributed by atoms with Crippen LogP contribution in [0.5, 0.6) is 0 Å². The van der Waals surface area contributed by atoms with Gasteiger partial charge in [0.2, 0.25) is 0 Å². The molecular formula is C22H25F2N3O. The molecule has 6 heteroatoms. The van der Waals surface area contributed by atoms with Gasteiger partial charge in [-0.25, -0.2) is 8.78 Å². The summed E-state index contributed by atoms with van der Waals surface area (Å²) in [6.45, 7) is 8.03. The second-order valence-electron chi connectivity index (χ2n) is 8.04. The molecule has 0 spiro atoms. The number of anilines is 1. The number of aliphatic hydroxyl groups excluding tert-OH is 1. The highest BCUT2D eigenvalue weighted by Gasteiger charge is 2.43. The van der Waals surface area contributed by atoms with Gasteiger partial charge in [0, 0.05) is 28.4 Å². The maximum atomic E-state index is 15.8. The Labute approximate surface area is 163 Å². The third-order valence-electron chi connectivity index (χ3n) is 5.69. The molecule has 3 aromatic rings. The lowest BCUT2D eigenvalue weighted by Crippen LogP contribution is -2.54. The van der Waals surface area contributed by atoms with Crippen molar-refractivity contribution < 1.29 is 13.9 Å². The number of H-pyrrole nitrogens is 1. The van der Waals surface area contributed by atoms with Crippen LogP contribution in [0.1, 0.15) is 37.9 Å². The number of halogens is 2. The second-order valence-corrected chi connectivity index (χ2v) is 8.04. The largest absolute Gasteiger partial charge is 0.389 e. The minimum atomic E-state index is -0.878. The number of aromatic amines is 1. The average Bonchev–Trinajstić information content (AvgIpc) is 3.01. The first-order valence-corrected chi connectivity index (χ1v) is 9.54. The Kier molecular flexibility index (Phi) is 4.43. The van der Waals surface area contributed by atoms with Gasteiger partial charge >= 0.3 is 0 Å². The van der Waals surface area contributed by atoms with Crippen molar-refractivity contribution in [2.24, 2.45) is 0 Å². The number of nitrogens with one attached hydrogen (secondary N) is 3. The first-order valence-electron chi connectivity index (χ1n) is 9.54. The van der Waals surface area contributed by atoms with E-state index in [2.05, 4.69) is 15.6 Å². The molecule has 1 aromatic heterocycles. The lowest BCUT2D eigenvalue weighted by atomic mass is 9.81. The number of hydrogen-bond acceptors (Lipinski definition) is 3. The number of aromatic nitrogens is 1. The molecule has 0 bridgehead atoms. The van der Waals surface area contributed by atoms with Gasteiger partial charge in [0.1, 0.15) is 11.6 Å². The SMILES string of the molecule is CCNC1c2c(cc(F)c(-c3cccc4c(C)c[nH]c34)c2F)NC(C)(C)C1O. The number of aryl methyl sites for hydroxylation is 1. The van der Waals surface area contributed by atoms with Gasteiger partial charge in [0.25, 0.3) is 0 Å². The lowest BCUT2D eigenvalue weighted by Gasteiger charge is -2.44. The molecule has 4 rings (SSSR count). The smallest absolute Gasteiger partial charge is 0.140 e. The zero-order valence-electron chi connectivity index (χ0n) is 16.5. The van der Waals surface area contributed by atoms with E-state index in [1.54, 1.807) is 12.1 Å². The van der Waals surface area contributed by atoms with E-state index >= 15 is 8.78 Å². The number of likely N-dealkylation sites (N-methyl/N-ethyl adjacent to an activating group) is 1. The summed E-state index contributed by atoms with van der Waals surface area (Å²) >= 11 is 0. The Balaban J connectivity index is 1.99. The standard InChI is InChI=1S/C22H25F2N3O/c1-5-25-20-17-15(27-22(3,4)21(20)28)9-14(23)16(18(17)24)13-8-6-7-12-11(2)10-26-19(12)13/h6-10,20-21,25-28H,5H2,1-4H3. The summed E-state index contributed by atoms with van der Waals surface area (Å²) in [6.07, 6.45) is 0.953. The first kappa shape index (κ1) is 18.9. The van der Waals surface area contributed by atoms with Crippen molar-refractivity contribution in [3.8, 4) is 11.1 Å². The summed E-state index contributed by atoms with van der Waals surface area (Å²) in [5.41, 5.74) is 2.01. The molecule has 2 aromatic carbocycles. The average molecular weight is 385 g/mol. The molecule has 0 fully saturated rings. The van der Waals surface area contributed by atoms with Gasteiger partial charge in [0.15, 0.2) is 0 Å². The molecule has 0 radical (unpaired) electrons. The van der Waals surface area contributed by atoms with E-state index in [4.69, 9.17) is 0 Å². The molecule has 148 valence electrons. The molecule has 0 amide bonds. The highest BCUT2D eigenvalue weighted by atomic mass is 19.1. The highest BCUT2D eigenvalue weighted by molar-refractivity contribution is 5.96. The molecule has 2 heterocycles. The van der Waals surface area contributed by atoms with Crippen molar-refractivity contribution in [1.29, 1.82) is 0 Å². The zero-order chi connectivity index (χ0) is 20.2. The fourth-order valence-electron chi connectivity index (χ4n) is 4.22. The van der Waals surface area contributed by atoms with E-state index in [1.165, 1.54) is 6.07 Å². The summed E-state index contributed by atoms with van der Waals surface area (Å²) in [4.78, 5) is 3.13. The summed E-state index contributed by atoms with van der Waals surface area (Å²) < 4.78 is 30.9. The molecular weight excluding hydrogens is 360 g/mol. The lowest BCUT2D eigenvalue weighted by molar-refractivity contribution is 0.0677. The summed E-state index contributed by atoms with van der Waals surface area (Å²) in [5, 5.41) is 18.0. The van der Waals surface area contributed by atoms with Crippen LogP contribution in [-0.4, -0.2) is 28.3 Å². The first-order chi connectivity index (χ1) is 13.3. The van der Waals surface area contributed by atoms with Crippen LogP contribution in [0.4, 0.5) is 14.5 Å². The maximum absolute atomic E-state index is 15.8. The van der Waals surface area contributed by atoms with E-state index in [1.807, 2.05) is 40.0 Å². The van der Waals surface area contributed by atoms with Gasteiger partial charge in [-0.2, -0.15) is 0 Å². The number of fused-ring (bicyclic) bond motifs is 2. The van der Waals surface area contributed by atoms with Gasteiger partial charge in [-0.05, 0) is 38.9 Å². The predicted molar refractivity (Wildman–Crippen MR) is 109 cm³/mol. The van der Waals surface area contributed by atoms with Crippen molar-refractivity contribution in [2.75, 3.05) is 11.9 Å². The number of para-hydroxylation sites is 1. The van der Waals surface area contributed by atoms with Crippen LogP contribution in [0.2, 0.25) is 0 Å². The molecule has 4 N–H and O–H groups in total. The number of rotatable bonds is 3. The Morgan fingerprint density at radius 1 is 1.25 bits per heavy atom. The van der Waals surface area contributed by atoms with Crippen molar-refractivity contribution in [3.63, 3.8) is 0 Å². The quantitative estimate of drug-likeness (QED) is 0.531. The monoisotopic (exact) mass is 385 g/mol. The molecule has 28 heavy (non-hydrogen) atoms. The molecule has 0 saturated heterocycles. The number of aliphatic hydroxyl groups is 1. The normalized spacial score (nSPS) is 20.8. The Morgan fingerprint density at radius 3 is 2.71 bits per heavy atom. The van der Waals surface area contributed by atoms with E-state index in [-0.39, 0.29) is 11.1 Å². The minimum Gasteiger partial charge on any atom is -0.389 e. The molecule has 0 saturated carbocycles. The highest BCUT2D eigenvalue weighted by Crippen LogP contribution is 2.44. The number of benzene rings is 2. The van der Waals surface area contributed by atoms with E-state index < -0.39 is 29.3 Å². The summed E-state index contributed by atoms with van der Waals surface area (Å²) in [5.74, 6) is -1.28. The molecule has 0 aliphatic carbocycles. The van der Waals surface area contributed by atoms with Crippen molar-refractivity contribution in [1.82, 2.24) is 10.3 Å². The van der Waals surface area contributed by atoms with Gasteiger partial charge in [0.05, 0.1) is 28.8 Å². The Morgan fingerprint density at radius 2 is 2.00 bits per heavy atom. The Hall–Kier alpha value is -2.44. The predicted octanol–water partition coefficient (Wildman–Crippen LogP) is 4.64. The Bertz CT molecular complexity index is 1060. The van der Waals surface area contributed by atoms with Crippen LogP contribution < -0.4 is 10.6 Å². The molecule has 4 nitrogen and oxygen atoms in total. The minimum absolute atomic E-state index is 0.0807. The fraction of sp³-hybridized carbons (Fsp3) is 0.364. The third-order valence-corrected chi connectivity index (χ3v) is 5.69. The summed E-state index contributed by atoms with van der Waals surface area (Å²) in [7, 11) is 0. The van der Waals surface area contributed by atoms with Gasteiger partial charge in [-0.15, -0.1) is 0 Å². The fourth-order valence-corrected chi connectivity index (χ4v) is 4.22. The third kappa shape index (κ3) is 2.71. The van der Waals surface area contributed by atoms with Gasteiger partial charge in [-0.3, -0.25) is 0 Å². The maximum Gasteiger partial charge on any atom is 0.140 e. The van der Waals surface area contributed by atoms with E-state index in [0.29, 0.717) is 23.3 Å². The van der Waals surface area contributed by atoms with Crippen LogP contribution >= 0.6 is 0 Å². The molecule has 2 atom stereocenters. The van der Waals surface area contributed by atoms with Crippen LogP contribution in [0, 0.1) is 18.6 Å². The van der Waals surface area contributed by atoms with Gasteiger partial charge in [-0.1, -0.05) is 25.1 Å². The summed E-state index contributed by atoms with van der Waals surface area (Å²) in [6, 6.07) is 6.13. The van der Waals surface area contributed by atoms with E-state index in [0.717, 1.165) is 10.9 Å². The zero-order valence-corrected chi connectivity index (χ0v) is 16.5.